The minimum atomic E-state index is -4.27. The first kappa shape index (κ1) is 13.0. The van der Waals surface area contributed by atoms with Gasteiger partial charge in [-0.2, -0.15) is 13.2 Å². The highest BCUT2D eigenvalue weighted by molar-refractivity contribution is 7.55. The van der Waals surface area contributed by atoms with Gasteiger partial charge in [-0.15, -0.1) is 0 Å². The summed E-state index contributed by atoms with van der Waals surface area (Å²) < 4.78 is 37.2. The Balaban J connectivity index is 2.16. The van der Waals surface area contributed by atoms with E-state index in [1.807, 2.05) is 25.1 Å². The van der Waals surface area contributed by atoms with Crippen molar-refractivity contribution >= 4 is 19.3 Å². The van der Waals surface area contributed by atoms with Crippen LogP contribution < -0.4 is 10.7 Å². The normalized spacial score (nSPS) is 12.2. The molecule has 0 fully saturated rings. The summed E-state index contributed by atoms with van der Waals surface area (Å²) in [5.74, 6) is 0. The van der Waals surface area contributed by atoms with E-state index >= 15 is 0 Å². The molecule has 1 nitrogen and oxygen atoms in total. The van der Waals surface area contributed by atoms with Crippen molar-refractivity contribution in [2.75, 3.05) is 0 Å². The quantitative estimate of drug-likeness (QED) is 0.764. The highest BCUT2D eigenvalue weighted by Gasteiger charge is 2.29. The fourth-order valence-corrected chi connectivity index (χ4v) is 2.54. The Morgan fingerprint density at radius 3 is 2.22 bits per heavy atom. The summed E-state index contributed by atoms with van der Waals surface area (Å²) in [5, 5.41) is 0.848. The molecule has 18 heavy (non-hydrogen) atoms. The van der Waals surface area contributed by atoms with Gasteiger partial charge in [0.15, 0.2) is 0 Å². The summed E-state index contributed by atoms with van der Waals surface area (Å²) >= 11 is 0. The molecule has 0 bridgehead atoms. The molecule has 0 aliphatic carbocycles. The highest BCUT2D eigenvalue weighted by Crippen LogP contribution is 2.28. The second kappa shape index (κ2) is 5.07. The average Bonchev–Trinajstić information content (AvgIpc) is 2.28. The van der Waals surface area contributed by atoms with Crippen molar-refractivity contribution in [1.29, 1.82) is 0 Å². The van der Waals surface area contributed by atoms with Gasteiger partial charge in [0.2, 0.25) is 0 Å². The Morgan fingerprint density at radius 1 is 1.00 bits per heavy atom. The largest absolute Gasteiger partial charge is 0.416 e. The number of benzene rings is 1. The Hall–Kier alpha value is -1.41. The zero-order chi connectivity index (χ0) is 13.2. The van der Waals surface area contributed by atoms with Gasteiger partial charge in [0.25, 0.3) is 0 Å². The number of aryl methyl sites for hydroxylation is 1. The monoisotopic (exact) mass is 269 g/mol. The van der Waals surface area contributed by atoms with E-state index in [9.17, 15) is 13.2 Å². The summed E-state index contributed by atoms with van der Waals surface area (Å²) in [6, 6.07) is 10.9. The Morgan fingerprint density at radius 2 is 1.67 bits per heavy atom. The van der Waals surface area contributed by atoms with Gasteiger partial charge < -0.3 is 0 Å². The van der Waals surface area contributed by atoms with E-state index in [0.717, 1.165) is 28.6 Å². The van der Waals surface area contributed by atoms with Crippen LogP contribution in [0.1, 0.15) is 11.3 Å². The van der Waals surface area contributed by atoms with Crippen molar-refractivity contribution in [3.63, 3.8) is 0 Å². The van der Waals surface area contributed by atoms with Crippen LogP contribution in [-0.4, -0.2) is 4.98 Å². The minimum absolute atomic E-state index is 0.274. The molecule has 1 heterocycles. The lowest BCUT2D eigenvalue weighted by Crippen LogP contribution is -2.10. The summed E-state index contributed by atoms with van der Waals surface area (Å²) in [6.07, 6.45) is -4.27. The molecule has 0 N–H and O–H groups in total. The van der Waals surface area contributed by atoms with E-state index < -0.39 is 11.7 Å². The minimum Gasteiger partial charge on any atom is -0.253 e. The molecule has 0 saturated carbocycles. The van der Waals surface area contributed by atoms with E-state index in [2.05, 4.69) is 4.98 Å². The maximum absolute atomic E-state index is 12.4. The smallest absolute Gasteiger partial charge is 0.253 e. The fourth-order valence-electron chi connectivity index (χ4n) is 1.50. The van der Waals surface area contributed by atoms with Crippen molar-refractivity contribution in [3.8, 4) is 0 Å². The third kappa shape index (κ3) is 3.30. The molecule has 0 aliphatic heterocycles. The van der Waals surface area contributed by atoms with E-state index in [4.69, 9.17) is 0 Å². The van der Waals surface area contributed by atoms with Gasteiger partial charge in [-0.05, 0) is 45.1 Å². The van der Waals surface area contributed by atoms with Crippen molar-refractivity contribution < 1.29 is 13.2 Å². The van der Waals surface area contributed by atoms with Crippen LogP contribution in [0.25, 0.3) is 0 Å². The molecule has 94 valence electrons. The number of alkyl halides is 3. The molecule has 0 saturated heterocycles. The van der Waals surface area contributed by atoms with E-state index in [1.54, 1.807) is 0 Å². The number of rotatable bonds is 2. The van der Waals surface area contributed by atoms with Gasteiger partial charge in [-0.1, -0.05) is 18.2 Å². The van der Waals surface area contributed by atoms with E-state index in [-0.39, 0.29) is 8.58 Å². The molecular formula is C13H11F3NP. The summed E-state index contributed by atoms with van der Waals surface area (Å²) in [7, 11) is 0.274. The van der Waals surface area contributed by atoms with Crippen LogP contribution >= 0.6 is 8.58 Å². The van der Waals surface area contributed by atoms with Gasteiger partial charge >= 0.3 is 6.18 Å². The Bertz CT molecular complexity index is 535. The number of aromatic nitrogens is 1. The Labute approximate surface area is 105 Å². The molecule has 0 amide bonds. The van der Waals surface area contributed by atoms with Gasteiger partial charge in [0, 0.05) is 5.69 Å². The van der Waals surface area contributed by atoms with Gasteiger partial charge in [0.05, 0.1) is 11.0 Å². The van der Waals surface area contributed by atoms with E-state index in [0.29, 0.717) is 0 Å². The standard InChI is InChI=1S/C13H11F3NP/c1-9-3-2-4-12(17-9)18-11-7-5-10(6-8-11)13(14,15)16/h2-8,18H,1H3. The molecule has 2 aromatic rings. The third-order valence-electron chi connectivity index (χ3n) is 2.37. The van der Waals surface area contributed by atoms with Crippen molar-refractivity contribution in [2.24, 2.45) is 0 Å². The number of halogens is 3. The molecule has 1 atom stereocenters. The van der Waals surface area contributed by atoms with Gasteiger partial charge in [-0.3, -0.25) is 4.98 Å². The van der Waals surface area contributed by atoms with Crippen LogP contribution in [0.5, 0.6) is 0 Å². The van der Waals surface area contributed by atoms with Crippen LogP contribution in [-0.2, 0) is 6.18 Å². The molecule has 1 unspecified atom stereocenters. The zero-order valence-corrected chi connectivity index (χ0v) is 10.6. The first-order valence-corrected chi connectivity index (χ1v) is 6.33. The summed E-state index contributed by atoms with van der Waals surface area (Å²) in [6.45, 7) is 1.89. The first-order valence-electron chi connectivity index (χ1n) is 5.33. The van der Waals surface area contributed by atoms with Crippen molar-refractivity contribution in [3.05, 3.63) is 53.7 Å². The highest BCUT2D eigenvalue weighted by atomic mass is 31.1. The predicted molar refractivity (Wildman–Crippen MR) is 68.0 cm³/mol. The van der Waals surface area contributed by atoms with Crippen molar-refractivity contribution in [1.82, 2.24) is 4.98 Å². The summed E-state index contributed by atoms with van der Waals surface area (Å²) in [5.41, 5.74) is 1.18. The number of nitrogens with zero attached hydrogens (tertiary/aromatic N) is 1. The second-order valence-electron chi connectivity index (χ2n) is 3.86. The predicted octanol–water partition coefficient (Wildman–Crippen LogP) is 3.04. The lowest BCUT2D eigenvalue weighted by Gasteiger charge is -2.07. The molecule has 1 aromatic heterocycles. The van der Waals surface area contributed by atoms with Crippen molar-refractivity contribution in [2.45, 2.75) is 13.1 Å². The maximum atomic E-state index is 12.4. The van der Waals surface area contributed by atoms with Crippen LogP contribution in [0.15, 0.2) is 42.5 Å². The van der Waals surface area contributed by atoms with E-state index in [1.165, 1.54) is 12.1 Å². The summed E-state index contributed by atoms with van der Waals surface area (Å²) in [4.78, 5) is 4.33. The van der Waals surface area contributed by atoms with Gasteiger partial charge in [-0.25, -0.2) is 0 Å². The molecule has 2 rings (SSSR count). The molecular weight excluding hydrogens is 258 g/mol. The van der Waals surface area contributed by atoms with Crippen LogP contribution in [0.2, 0.25) is 0 Å². The topological polar surface area (TPSA) is 12.9 Å². The van der Waals surface area contributed by atoms with Gasteiger partial charge in [0.1, 0.15) is 0 Å². The molecule has 0 aliphatic rings. The lowest BCUT2D eigenvalue weighted by atomic mass is 10.2. The maximum Gasteiger partial charge on any atom is 0.416 e. The molecule has 1 aromatic carbocycles. The van der Waals surface area contributed by atoms with Crippen LogP contribution in [0.3, 0.4) is 0 Å². The molecule has 0 radical (unpaired) electrons. The number of hydrogen-bond donors (Lipinski definition) is 0. The third-order valence-corrected chi connectivity index (χ3v) is 3.53. The van der Waals surface area contributed by atoms with Crippen LogP contribution in [0, 0.1) is 6.92 Å². The average molecular weight is 269 g/mol. The van der Waals surface area contributed by atoms with Crippen LogP contribution in [0.4, 0.5) is 13.2 Å². The molecule has 0 spiro atoms. The Kier molecular flexibility index (Phi) is 3.67. The molecule has 5 heteroatoms. The lowest BCUT2D eigenvalue weighted by molar-refractivity contribution is -0.137. The first-order chi connectivity index (χ1) is 8.45. The zero-order valence-electron chi connectivity index (χ0n) is 9.62. The SMILES string of the molecule is Cc1cccc(Pc2ccc(C(F)(F)F)cc2)n1. The number of pyridine rings is 1. The fraction of sp³-hybridized carbons (Fsp3) is 0.154. The number of hydrogen-bond acceptors (Lipinski definition) is 1. The second-order valence-corrected chi connectivity index (χ2v) is 5.20.